The van der Waals surface area contributed by atoms with Gasteiger partial charge in [-0.15, -0.1) is 0 Å². The van der Waals surface area contributed by atoms with E-state index in [4.69, 9.17) is 0 Å². The molecule has 122 valence electrons. The highest BCUT2D eigenvalue weighted by atomic mass is 16.2. The summed E-state index contributed by atoms with van der Waals surface area (Å²) in [5.41, 5.74) is 0.307. The second-order valence-electron chi connectivity index (χ2n) is 7.71. The SMILES string of the molecule is CCC(=O)/C(=C/N(C)C)C(=O)NC1C2CC3CC(C2)CC1C3. The van der Waals surface area contributed by atoms with E-state index in [0.717, 1.165) is 11.8 Å². The summed E-state index contributed by atoms with van der Waals surface area (Å²) in [5.74, 6) is 2.82. The van der Waals surface area contributed by atoms with Crippen molar-refractivity contribution >= 4 is 11.7 Å². The fourth-order valence-corrected chi connectivity index (χ4v) is 5.10. The van der Waals surface area contributed by atoms with Crippen LogP contribution in [0.25, 0.3) is 0 Å². The number of Topliss-reactive ketones (excluding diaryl/α,β-unsaturated/α-hetero) is 1. The second-order valence-corrected chi connectivity index (χ2v) is 7.71. The van der Waals surface area contributed by atoms with E-state index in [0.29, 0.717) is 23.8 Å². The van der Waals surface area contributed by atoms with Gasteiger partial charge < -0.3 is 10.2 Å². The summed E-state index contributed by atoms with van der Waals surface area (Å²) in [4.78, 5) is 26.5. The number of nitrogens with one attached hydrogen (secondary N) is 1. The molecule has 0 heterocycles. The molecule has 4 bridgehead atoms. The van der Waals surface area contributed by atoms with Gasteiger partial charge in [0.05, 0.1) is 5.57 Å². The molecule has 0 atom stereocenters. The van der Waals surface area contributed by atoms with Crippen molar-refractivity contribution in [3.63, 3.8) is 0 Å². The molecule has 4 aliphatic rings. The van der Waals surface area contributed by atoms with E-state index in [9.17, 15) is 9.59 Å². The zero-order valence-corrected chi connectivity index (χ0v) is 14.0. The van der Waals surface area contributed by atoms with E-state index < -0.39 is 0 Å². The van der Waals surface area contributed by atoms with Crippen molar-refractivity contribution in [2.45, 2.75) is 51.5 Å². The van der Waals surface area contributed by atoms with E-state index in [-0.39, 0.29) is 17.7 Å². The van der Waals surface area contributed by atoms with Crippen LogP contribution in [-0.4, -0.2) is 36.7 Å². The van der Waals surface area contributed by atoms with Gasteiger partial charge in [-0.3, -0.25) is 9.59 Å². The summed E-state index contributed by atoms with van der Waals surface area (Å²) in [6.45, 7) is 1.81. The van der Waals surface area contributed by atoms with Crippen LogP contribution in [0.5, 0.6) is 0 Å². The Morgan fingerprint density at radius 2 is 1.59 bits per heavy atom. The number of carbonyl (C=O) groups excluding carboxylic acids is 2. The van der Waals surface area contributed by atoms with Crippen LogP contribution in [0.3, 0.4) is 0 Å². The number of amides is 1. The number of nitrogens with zero attached hydrogens (tertiary/aromatic N) is 1. The molecule has 4 saturated carbocycles. The van der Waals surface area contributed by atoms with Crippen molar-refractivity contribution in [2.75, 3.05) is 14.1 Å². The molecule has 4 rings (SSSR count). The fraction of sp³-hybridized carbons (Fsp3) is 0.778. The lowest BCUT2D eigenvalue weighted by molar-refractivity contribution is -0.125. The Balaban J connectivity index is 1.71. The summed E-state index contributed by atoms with van der Waals surface area (Å²) in [7, 11) is 3.69. The van der Waals surface area contributed by atoms with Crippen LogP contribution in [0.2, 0.25) is 0 Å². The smallest absolute Gasteiger partial charge is 0.256 e. The fourth-order valence-electron chi connectivity index (χ4n) is 5.10. The molecule has 4 fully saturated rings. The standard InChI is InChI=1S/C18H28N2O2/c1-4-16(21)15(10-20(2)3)18(22)19-17-13-6-11-5-12(8-13)9-14(17)7-11/h10-14,17H,4-9H2,1-3H3,(H,19,22)/b15-10-. The highest BCUT2D eigenvalue weighted by Gasteiger charge is 2.48. The first-order valence-electron chi connectivity index (χ1n) is 8.70. The van der Waals surface area contributed by atoms with Crippen molar-refractivity contribution in [1.29, 1.82) is 0 Å². The minimum Gasteiger partial charge on any atom is -0.383 e. The summed E-state index contributed by atoms with van der Waals surface area (Å²) in [5, 5.41) is 3.23. The van der Waals surface area contributed by atoms with Crippen LogP contribution in [-0.2, 0) is 9.59 Å². The molecule has 0 aromatic carbocycles. The van der Waals surface area contributed by atoms with Crippen LogP contribution in [0.1, 0.15) is 45.4 Å². The first-order chi connectivity index (χ1) is 10.5. The van der Waals surface area contributed by atoms with Crippen LogP contribution >= 0.6 is 0 Å². The lowest BCUT2D eigenvalue weighted by atomic mass is 9.54. The Morgan fingerprint density at radius 1 is 1.05 bits per heavy atom. The number of ketones is 1. The van der Waals surface area contributed by atoms with Crippen LogP contribution in [0.4, 0.5) is 0 Å². The topological polar surface area (TPSA) is 49.4 Å². The molecule has 0 aromatic heterocycles. The average molecular weight is 304 g/mol. The number of carbonyl (C=O) groups is 2. The van der Waals surface area contributed by atoms with E-state index >= 15 is 0 Å². The predicted molar refractivity (Wildman–Crippen MR) is 86.0 cm³/mol. The Labute approximate surface area is 133 Å². The zero-order chi connectivity index (χ0) is 15.9. The summed E-state index contributed by atoms with van der Waals surface area (Å²) in [6, 6.07) is 0.288. The molecule has 4 aliphatic carbocycles. The predicted octanol–water partition coefficient (Wildman–Crippen LogP) is 2.35. The quantitative estimate of drug-likeness (QED) is 0.482. The minimum absolute atomic E-state index is 0.0741. The van der Waals surface area contributed by atoms with Gasteiger partial charge in [0.2, 0.25) is 0 Å². The number of hydrogen-bond donors (Lipinski definition) is 1. The van der Waals surface area contributed by atoms with E-state index in [1.165, 1.54) is 32.1 Å². The largest absolute Gasteiger partial charge is 0.383 e. The maximum absolute atomic E-state index is 12.6. The van der Waals surface area contributed by atoms with Gasteiger partial charge in [-0.25, -0.2) is 0 Å². The first-order valence-corrected chi connectivity index (χ1v) is 8.70. The van der Waals surface area contributed by atoms with Gasteiger partial charge in [0.25, 0.3) is 5.91 Å². The van der Waals surface area contributed by atoms with Gasteiger partial charge in [0, 0.05) is 32.8 Å². The van der Waals surface area contributed by atoms with Gasteiger partial charge in [-0.2, -0.15) is 0 Å². The minimum atomic E-state index is -0.168. The third kappa shape index (κ3) is 2.92. The molecule has 0 aromatic rings. The van der Waals surface area contributed by atoms with Crippen molar-refractivity contribution < 1.29 is 9.59 Å². The Hall–Kier alpha value is -1.32. The molecule has 0 unspecified atom stereocenters. The normalized spacial score (nSPS) is 36.3. The molecule has 1 N–H and O–H groups in total. The maximum Gasteiger partial charge on any atom is 0.256 e. The van der Waals surface area contributed by atoms with Crippen LogP contribution in [0.15, 0.2) is 11.8 Å². The van der Waals surface area contributed by atoms with Crippen LogP contribution < -0.4 is 5.32 Å². The zero-order valence-electron chi connectivity index (χ0n) is 14.0. The van der Waals surface area contributed by atoms with Crippen molar-refractivity contribution in [3.05, 3.63) is 11.8 Å². The van der Waals surface area contributed by atoms with Crippen molar-refractivity contribution in [2.24, 2.45) is 23.7 Å². The molecule has 22 heavy (non-hydrogen) atoms. The average Bonchev–Trinajstić information content (AvgIpc) is 2.46. The molecule has 0 spiro atoms. The summed E-state index contributed by atoms with van der Waals surface area (Å²) >= 11 is 0. The second kappa shape index (κ2) is 6.05. The van der Waals surface area contributed by atoms with E-state index in [2.05, 4.69) is 5.32 Å². The van der Waals surface area contributed by atoms with Crippen LogP contribution in [0, 0.1) is 23.7 Å². The van der Waals surface area contributed by atoms with Gasteiger partial charge in [-0.1, -0.05) is 6.92 Å². The monoisotopic (exact) mass is 304 g/mol. The molecular formula is C18H28N2O2. The number of hydrogen-bond acceptors (Lipinski definition) is 3. The Bertz CT molecular complexity index is 467. The third-order valence-corrected chi connectivity index (χ3v) is 5.78. The highest BCUT2D eigenvalue weighted by Crippen LogP contribution is 2.53. The molecule has 0 saturated heterocycles. The molecule has 0 radical (unpaired) electrons. The first kappa shape index (κ1) is 15.6. The van der Waals surface area contributed by atoms with Crippen molar-refractivity contribution in [3.8, 4) is 0 Å². The number of rotatable bonds is 5. The van der Waals surface area contributed by atoms with Crippen molar-refractivity contribution in [1.82, 2.24) is 10.2 Å². The van der Waals surface area contributed by atoms with E-state index in [1.807, 2.05) is 21.0 Å². The van der Waals surface area contributed by atoms with Gasteiger partial charge in [0.1, 0.15) is 0 Å². The Morgan fingerprint density at radius 3 is 2.05 bits per heavy atom. The Kier molecular flexibility index (Phi) is 4.28. The molecule has 4 heteroatoms. The molecule has 4 nitrogen and oxygen atoms in total. The highest BCUT2D eigenvalue weighted by molar-refractivity contribution is 6.19. The third-order valence-electron chi connectivity index (χ3n) is 5.78. The summed E-state index contributed by atoms with van der Waals surface area (Å²) < 4.78 is 0. The van der Waals surface area contributed by atoms with Gasteiger partial charge >= 0.3 is 0 Å². The molecule has 0 aliphatic heterocycles. The molecular weight excluding hydrogens is 276 g/mol. The van der Waals surface area contributed by atoms with Gasteiger partial charge in [-0.05, 0) is 55.8 Å². The molecule has 1 amide bonds. The maximum atomic E-state index is 12.6. The van der Waals surface area contributed by atoms with Gasteiger partial charge in [0.15, 0.2) is 5.78 Å². The summed E-state index contributed by atoms with van der Waals surface area (Å²) in [6.07, 6.45) is 8.53. The lowest BCUT2D eigenvalue weighted by Crippen LogP contribution is -2.56. The van der Waals surface area contributed by atoms with E-state index in [1.54, 1.807) is 11.1 Å². The lowest BCUT2D eigenvalue weighted by Gasteiger charge is -2.54.